The first kappa shape index (κ1) is 13.1. The summed E-state index contributed by atoms with van der Waals surface area (Å²) >= 11 is -2.04. The van der Waals surface area contributed by atoms with E-state index in [9.17, 15) is 13.9 Å². The smallest absolute Gasteiger partial charge is 0.0548 e. The van der Waals surface area contributed by atoms with Crippen LogP contribution in [0.3, 0.4) is 0 Å². The van der Waals surface area contributed by atoms with E-state index in [-0.39, 0.29) is 11.7 Å². The summed E-state index contributed by atoms with van der Waals surface area (Å²) in [7, 11) is 0. The van der Waals surface area contributed by atoms with E-state index in [2.05, 4.69) is 13.8 Å². The summed E-state index contributed by atoms with van der Waals surface area (Å²) < 4.78 is 20.9. The van der Waals surface area contributed by atoms with Crippen molar-refractivity contribution >= 4 is 11.1 Å². The number of hydrogen-bond acceptors (Lipinski definition) is 3. The highest BCUT2D eigenvalue weighted by atomic mass is 32.2. The molecule has 0 radical (unpaired) electrons. The van der Waals surface area contributed by atoms with Crippen molar-refractivity contribution in [3.05, 3.63) is 0 Å². The van der Waals surface area contributed by atoms with Crippen LogP contribution in [0, 0.1) is 11.8 Å². The molecule has 0 rings (SSSR count). The first-order valence-electron chi connectivity index (χ1n) is 4.71. The van der Waals surface area contributed by atoms with Crippen molar-refractivity contribution in [3.63, 3.8) is 0 Å². The molecule has 0 amide bonds. The van der Waals surface area contributed by atoms with Crippen molar-refractivity contribution < 1.29 is 13.9 Å². The molecule has 13 heavy (non-hydrogen) atoms. The Hall–Kier alpha value is 0.0700. The van der Waals surface area contributed by atoms with E-state index < -0.39 is 17.2 Å². The van der Waals surface area contributed by atoms with Gasteiger partial charge in [-0.1, -0.05) is 31.3 Å². The Morgan fingerprint density at radius 2 is 2.00 bits per heavy atom. The molecule has 1 N–H and O–H groups in total. The molecule has 4 heteroatoms. The van der Waals surface area contributed by atoms with Gasteiger partial charge in [0.2, 0.25) is 0 Å². The maximum atomic E-state index is 10.5. The molecular formula is C9H19O3S-. The van der Waals surface area contributed by atoms with Gasteiger partial charge in [-0.3, -0.25) is 4.21 Å². The van der Waals surface area contributed by atoms with Crippen molar-refractivity contribution in [3.8, 4) is 0 Å². The summed E-state index contributed by atoms with van der Waals surface area (Å²) in [5.41, 5.74) is 0. The molecule has 0 aliphatic heterocycles. The average molecular weight is 207 g/mol. The summed E-state index contributed by atoms with van der Waals surface area (Å²) in [5, 5.41) is 9.33. The van der Waals surface area contributed by atoms with E-state index in [0.29, 0.717) is 5.92 Å². The van der Waals surface area contributed by atoms with Gasteiger partial charge >= 0.3 is 0 Å². The van der Waals surface area contributed by atoms with E-state index in [1.807, 2.05) is 0 Å². The van der Waals surface area contributed by atoms with Crippen molar-refractivity contribution in [1.29, 1.82) is 0 Å². The van der Waals surface area contributed by atoms with Gasteiger partial charge < -0.3 is 9.66 Å². The lowest BCUT2D eigenvalue weighted by Crippen LogP contribution is -2.25. The third kappa shape index (κ3) is 6.18. The Balaban J connectivity index is 4.02. The minimum Gasteiger partial charge on any atom is -0.772 e. The molecule has 0 bridgehead atoms. The number of hydrogen-bond donors (Lipinski definition) is 1. The van der Waals surface area contributed by atoms with Gasteiger partial charge in [-0.2, -0.15) is 0 Å². The van der Waals surface area contributed by atoms with Crippen LogP contribution in [0.2, 0.25) is 0 Å². The van der Waals surface area contributed by atoms with Crippen molar-refractivity contribution in [2.24, 2.45) is 11.8 Å². The second kappa shape index (κ2) is 6.51. The molecule has 4 unspecified atom stereocenters. The molecule has 0 fully saturated rings. The molecular weight excluding hydrogens is 188 g/mol. The second-order valence-electron chi connectivity index (χ2n) is 3.72. The normalized spacial score (nSPS) is 20.7. The first-order chi connectivity index (χ1) is 5.97. The summed E-state index contributed by atoms with van der Waals surface area (Å²) in [6.45, 7) is 5.79. The molecule has 0 aliphatic rings. The third-order valence-electron chi connectivity index (χ3n) is 2.43. The monoisotopic (exact) mass is 207 g/mol. The topological polar surface area (TPSA) is 60.4 Å². The fourth-order valence-electron chi connectivity index (χ4n) is 1.26. The number of aliphatic hydroxyl groups excluding tert-OH is 1. The van der Waals surface area contributed by atoms with Crippen LogP contribution in [-0.2, 0) is 11.1 Å². The van der Waals surface area contributed by atoms with Gasteiger partial charge in [-0.15, -0.1) is 0 Å². The number of rotatable bonds is 6. The van der Waals surface area contributed by atoms with Crippen molar-refractivity contribution in [1.82, 2.24) is 0 Å². The molecule has 4 atom stereocenters. The molecule has 0 aromatic rings. The molecule has 0 aliphatic carbocycles. The van der Waals surface area contributed by atoms with E-state index in [1.54, 1.807) is 6.92 Å². The minimum absolute atomic E-state index is 0.0714. The maximum Gasteiger partial charge on any atom is 0.0548 e. The van der Waals surface area contributed by atoms with E-state index in [0.717, 1.165) is 12.8 Å². The summed E-state index contributed by atoms with van der Waals surface area (Å²) in [6, 6.07) is 0. The van der Waals surface area contributed by atoms with Gasteiger partial charge in [0, 0.05) is 5.75 Å². The largest absolute Gasteiger partial charge is 0.772 e. The lowest BCUT2D eigenvalue weighted by molar-refractivity contribution is 0.121. The van der Waals surface area contributed by atoms with Gasteiger partial charge in [0.15, 0.2) is 0 Å². The molecule has 0 aromatic carbocycles. The highest BCUT2D eigenvalue weighted by molar-refractivity contribution is 7.79. The highest BCUT2D eigenvalue weighted by Crippen LogP contribution is 2.18. The zero-order valence-electron chi connectivity index (χ0n) is 8.53. The maximum absolute atomic E-state index is 10.5. The van der Waals surface area contributed by atoms with E-state index in [1.165, 1.54) is 0 Å². The minimum atomic E-state index is -2.04. The second-order valence-corrected chi connectivity index (χ2v) is 4.66. The molecule has 0 saturated heterocycles. The van der Waals surface area contributed by atoms with Crippen LogP contribution in [0.25, 0.3) is 0 Å². The van der Waals surface area contributed by atoms with E-state index >= 15 is 0 Å². The zero-order chi connectivity index (χ0) is 10.4. The highest BCUT2D eigenvalue weighted by Gasteiger charge is 2.17. The third-order valence-corrected chi connectivity index (χ3v) is 3.13. The average Bonchev–Trinajstić information content (AvgIpc) is 2.02. The van der Waals surface area contributed by atoms with Crippen LogP contribution >= 0.6 is 0 Å². The molecule has 0 heterocycles. The molecule has 0 spiro atoms. The lowest BCUT2D eigenvalue weighted by atomic mass is 9.92. The summed E-state index contributed by atoms with van der Waals surface area (Å²) in [4.78, 5) is 0. The fourth-order valence-corrected chi connectivity index (χ4v) is 2.03. The summed E-state index contributed by atoms with van der Waals surface area (Å²) in [5.74, 6) is 0.429. The fraction of sp³-hybridized carbons (Fsp3) is 1.00. The van der Waals surface area contributed by atoms with Crippen LogP contribution in [0.1, 0.15) is 33.6 Å². The SMILES string of the molecule is CCC(C)CC(CS(=O)[O-])C(C)O. The van der Waals surface area contributed by atoms with Crippen LogP contribution in [0.15, 0.2) is 0 Å². The predicted octanol–water partition coefficient (Wildman–Crippen LogP) is 1.30. The van der Waals surface area contributed by atoms with Gasteiger partial charge in [-0.05, 0) is 25.2 Å². The van der Waals surface area contributed by atoms with Gasteiger partial charge in [0.25, 0.3) is 0 Å². The van der Waals surface area contributed by atoms with Gasteiger partial charge in [-0.25, -0.2) is 0 Å². The Kier molecular flexibility index (Phi) is 6.55. The molecule has 80 valence electrons. The Morgan fingerprint density at radius 3 is 2.31 bits per heavy atom. The van der Waals surface area contributed by atoms with Gasteiger partial charge in [0.05, 0.1) is 6.10 Å². The first-order valence-corrected chi connectivity index (χ1v) is 5.95. The Labute approximate surface area is 82.8 Å². The van der Waals surface area contributed by atoms with Crippen molar-refractivity contribution in [2.45, 2.75) is 39.7 Å². The number of aliphatic hydroxyl groups is 1. The summed E-state index contributed by atoms with van der Waals surface area (Å²) in [6.07, 6.45) is 1.27. The predicted molar refractivity (Wildman–Crippen MR) is 53.0 cm³/mol. The Bertz CT molecular complexity index is 159. The van der Waals surface area contributed by atoms with Crippen LogP contribution in [0.5, 0.6) is 0 Å². The molecule has 0 saturated carbocycles. The van der Waals surface area contributed by atoms with Crippen LogP contribution in [0.4, 0.5) is 0 Å². The van der Waals surface area contributed by atoms with Crippen LogP contribution in [-0.4, -0.2) is 25.7 Å². The lowest BCUT2D eigenvalue weighted by Gasteiger charge is -2.23. The zero-order valence-corrected chi connectivity index (χ0v) is 9.34. The van der Waals surface area contributed by atoms with Crippen LogP contribution < -0.4 is 0 Å². The molecule has 0 aromatic heterocycles. The Morgan fingerprint density at radius 1 is 1.46 bits per heavy atom. The van der Waals surface area contributed by atoms with Crippen molar-refractivity contribution in [2.75, 3.05) is 5.75 Å². The quantitative estimate of drug-likeness (QED) is 0.668. The van der Waals surface area contributed by atoms with Gasteiger partial charge in [0.1, 0.15) is 0 Å². The standard InChI is InChI=1S/C9H20O3S/c1-4-7(2)5-9(8(3)10)6-13(11)12/h7-10H,4-6H2,1-3H3,(H,11,12)/p-1. The molecule has 3 nitrogen and oxygen atoms in total. The van der Waals surface area contributed by atoms with E-state index in [4.69, 9.17) is 0 Å².